The first-order valence-electron chi connectivity index (χ1n) is 6.35. The van der Waals surface area contributed by atoms with Gasteiger partial charge in [0, 0.05) is 5.54 Å². The summed E-state index contributed by atoms with van der Waals surface area (Å²) >= 11 is 0. The molecule has 1 fully saturated rings. The Morgan fingerprint density at radius 2 is 1.72 bits per heavy atom. The maximum atomic E-state index is 12.1. The number of nitrogens with one attached hydrogen (secondary N) is 1. The van der Waals surface area contributed by atoms with Crippen molar-refractivity contribution in [3.05, 3.63) is 23.8 Å². The fourth-order valence-electron chi connectivity index (χ4n) is 2.55. The van der Waals surface area contributed by atoms with Gasteiger partial charge in [0.2, 0.25) is 0 Å². The molecular formula is C14H19NO3. The van der Waals surface area contributed by atoms with Gasteiger partial charge in [0.25, 0.3) is 5.91 Å². The second kappa shape index (κ2) is 4.88. The van der Waals surface area contributed by atoms with E-state index in [9.17, 15) is 15.0 Å². The number of aromatic hydroxyl groups is 2. The molecule has 0 saturated heterocycles. The quantitative estimate of drug-likeness (QED) is 0.754. The van der Waals surface area contributed by atoms with E-state index in [-0.39, 0.29) is 22.6 Å². The third-order valence-electron chi connectivity index (χ3n) is 3.62. The SMILES string of the molecule is CC1(NC(=O)c2c(O)cccc2O)CCCCC1. The molecule has 1 aliphatic carbocycles. The number of phenolic OH excluding ortho intramolecular Hbond substituents is 2. The van der Waals surface area contributed by atoms with Crippen LogP contribution in [0.3, 0.4) is 0 Å². The molecule has 0 atom stereocenters. The molecule has 0 aromatic heterocycles. The molecule has 18 heavy (non-hydrogen) atoms. The van der Waals surface area contributed by atoms with E-state index in [1.165, 1.54) is 24.6 Å². The monoisotopic (exact) mass is 249 g/mol. The maximum absolute atomic E-state index is 12.1. The zero-order chi connectivity index (χ0) is 13.2. The predicted molar refractivity (Wildman–Crippen MR) is 68.7 cm³/mol. The van der Waals surface area contributed by atoms with Crippen molar-refractivity contribution in [3.8, 4) is 11.5 Å². The molecule has 2 rings (SSSR count). The van der Waals surface area contributed by atoms with E-state index in [1.807, 2.05) is 6.92 Å². The summed E-state index contributed by atoms with van der Waals surface area (Å²) in [7, 11) is 0. The van der Waals surface area contributed by atoms with E-state index in [1.54, 1.807) is 0 Å². The molecule has 0 heterocycles. The van der Waals surface area contributed by atoms with Crippen LogP contribution in [0.4, 0.5) is 0 Å². The standard InChI is InChI=1S/C14H19NO3/c1-14(8-3-2-4-9-14)15-13(18)12-10(16)6-5-7-11(12)17/h5-7,16-17H,2-4,8-9H2,1H3,(H,15,18). The summed E-state index contributed by atoms with van der Waals surface area (Å²) in [6, 6.07) is 4.31. The van der Waals surface area contributed by atoms with Crippen molar-refractivity contribution in [2.75, 3.05) is 0 Å². The zero-order valence-electron chi connectivity index (χ0n) is 10.6. The molecule has 4 heteroatoms. The summed E-state index contributed by atoms with van der Waals surface area (Å²) in [6.45, 7) is 2.01. The van der Waals surface area contributed by atoms with Crippen LogP contribution in [0.25, 0.3) is 0 Å². The Balaban J connectivity index is 2.17. The molecule has 98 valence electrons. The van der Waals surface area contributed by atoms with Gasteiger partial charge in [-0.1, -0.05) is 25.3 Å². The van der Waals surface area contributed by atoms with Crippen LogP contribution in [0.15, 0.2) is 18.2 Å². The van der Waals surface area contributed by atoms with Gasteiger partial charge in [-0.3, -0.25) is 4.79 Å². The largest absolute Gasteiger partial charge is 0.507 e. The van der Waals surface area contributed by atoms with Crippen LogP contribution in [0, 0.1) is 0 Å². The molecule has 0 bridgehead atoms. The van der Waals surface area contributed by atoms with Crippen molar-refractivity contribution in [2.45, 2.75) is 44.6 Å². The first-order chi connectivity index (χ1) is 8.52. The van der Waals surface area contributed by atoms with Crippen LogP contribution < -0.4 is 5.32 Å². The molecule has 0 unspecified atom stereocenters. The summed E-state index contributed by atoms with van der Waals surface area (Å²) in [4.78, 5) is 12.1. The Morgan fingerprint density at radius 3 is 2.28 bits per heavy atom. The van der Waals surface area contributed by atoms with Gasteiger partial charge >= 0.3 is 0 Å². The molecule has 0 aliphatic heterocycles. The molecule has 1 amide bonds. The summed E-state index contributed by atoms with van der Waals surface area (Å²) < 4.78 is 0. The minimum atomic E-state index is -0.407. The van der Waals surface area contributed by atoms with E-state index in [4.69, 9.17) is 0 Å². The first-order valence-corrected chi connectivity index (χ1v) is 6.35. The van der Waals surface area contributed by atoms with Gasteiger partial charge in [-0.05, 0) is 31.9 Å². The van der Waals surface area contributed by atoms with Gasteiger partial charge < -0.3 is 15.5 Å². The van der Waals surface area contributed by atoms with Crippen LogP contribution in [-0.2, 0) is 0 Å². The minimum Gasteiger partial charge on any atom is -0.507 e. The second-order valence-corrected chi connectivity index (χ2v) is 5.25. The second-order valence-electron chi connectivity index (χ2n) is 5.25. The number of carbonyl (C=O) groups is 1. The van der Waals surface area contributed by atoms with Gasteiger partial charge in [0.05, 0.1) is 0 Å². The van der Waals surface area contributed by atoms with Gasteiger partial charge in [0.1, 0.15) is 17.1 Å². The summed E-state index contributed by atoms with van der Waals surface area (Å²) in [5, 5.41) is 22.2. The highest BCUT2D eigenvalue weighted by atomic mass is 16.3. The van der Waals surface area contributed by atoms with Gasteiger partial charge in [-0.2, -0.15) is 0 Å². The van der Waals surface area contributed by atoms with E-state index in [2.05, 4.69) is 5.32 Å². The number of phenols is 2. The lowest BCUT2D eigenvalue weighted by Crippen LogP contribution is -2.47. The molecule has 1 aromatic rings. The average Bonchev–Trinajstić information content (AvgIpc) is 2.28. The number of hydrogen-bond acceptors (Lipinski definition) is 3. The molecule has 1 aliphatic rings. The Labute approximate surface area is 107 Å². The fourth-order valence-corrected chi connectivity index (χ4v) is 2.55. The molecule has 3 N–H and O–H groups in total. The highest BCUT2D eigenvalue weighted by molar-refractivity contribution is 5.99. The summed E-state index contributed by atoms with van der Waals surface area (Å²) in [6.07, 6.45) is 5.28. The normalized spacial score (nSPS) is 18.3. The van der Waals surface area contributed by atoms with Crippen molar-refractivity contribution in [3.63, 3.8) is 0 Å². The fraction of sp³-hybridized carbons (Fsp3) is 0.500. The van der Waals surface area contributed by atoms with E-state index < -0.39 is 5.91 Å². The highest BCUT2D eigenvalue weighted by Crippen LogP contribution is 2.30. The van der Waals surface area contributed by atoms with E-state index >= 15 is 0 Å². The van der Waals surface area contributed by atoms with Crippen LogP contribution in [0.1, 0.15) is 49.4 Å². The maximum Gasteiger partial charge on any atom is 0.259 e. The molecule has 1 aromatic carbocycles. The third-order valence-corrected chi connectivity index (χ3v) is 3.62. The number of rotatable bonds is 2. The average molecular weight is 249 g/mol. The number of carbonyl (C=O) groups excluding carboxylic acids is 1. The van der Waals surface area contributed by atoms with Gasteiger partial charge in [0.15, 0.2) is 0 Å². The number of benzene rings is 1. The molecular weight excluding hydrogens is 230 g/mol. The smallest absolute Gasteiger partial charge is 0.259 e. The summed E-state index contributed by atoms with van der Waals surface area (Å²) in [5.41, 5.74) is -0.270. The van der Waals surface area contributed by atoms with Crippen LogP contribution in [0.2, 0.25) is 0 Å². The third kappa shape index (κ3) is 2.58. The Bertz CT molecular complexity index is 430. The Kier molecular flexibility index (Phi) is 3.45. The molecule has 0 spiro atoms. The van der Waals surface area contributed by atoms with Crippen LogP contribution >= 0.6 is 0 Å². The van der Waals surface area contributed by atoms with Crippen molar-refractivity contribution >= 4 is 5.91 Å². The minimum absolute atomic E-state index is 0.0377. The van der Waals surface area contributed by atoms with Crippen LogP contribution in [-0.4, -0.2) is 21.7 Å². The van der Waals surface area contributed by atoms with Crippen molar-refractivity contribution in [2.24, 2.45) is 0 Å². The Hall–Kier alpha value is -1.71. The Morgan fingerprint density at radius 1 is 1.17 bits per heavy atom. The van der Waals surface area contributed by atoms with Crippen molar-refractivity contribution in [1.29, 1.82) is 0 Å². The van der Waals surface area contributed by atoms with Gasteiger partial charge in [-0.15, -0.1) is 0 Å². The summed E-state index contributed by atoms with van der Waals surface area (Å²) in [5.74, 6) is -0.784. The topological polar surface area (TPSA) is 69.6 Å². The molecule has 1 saturated carbocycles. The van der Waals surface area contributed by atoms with Crippen LogP contribution in [0.5, 0.6) is 11.5 Å². The van der Waals surface area contributed by atoms with Crippen molar-refractivity contribution < 1.29 is 15.0 Å². The lowest BCUT2D eigenvalue weighted by atomic mass is 9.83. The molecule has 4 nitrogen and oxygen atoms in total. The lowest BCUT2D eigenvalue weighted by Gasteiger charge is -2.34. The van der Waals surface area contributed by atoms with Crippen molar-refractivity contribution in [1.82, 2.24) is 5.32 Å². The first kappa shape index (κ1) is 12.7. The lowest BCUT2D eigenvalue weighted by molar-refractivity contribution is 0.0877. The number of hydrogen-bond donors (Lipinski definition) is 3. The van der Waals surface area contributed by atoms with E-state index in [0.29, 0.717) is 0 Å². The zero-order valence-corrected chi connectivity index (χ0v) is 10.6. The highest BCUT2D eigenvalue weighted by Gasteiger charge is 2.30. The van der Waals surface area contributed by atoms with E-state index in [0.717, 1.165) is 25.7 Å². The molecule has 0 radical (unpaired) electrons. The number of amides is 1. The predicted octanol–water partition coefficient (Wildman–Crippen LogP) is 2.55. The van der Waals surface area contributed by atoms with Gasteiger partial charge in [-0.25, -0.2) is 0 Å².